The van der Waals surface area contributed by atoms with E-state index in [0.29, 0.717) is 4.47 Å². The molecule has 4 heteroatoms. The molecule has 20 heavy (non-hydrogen) atoms. The van der Waals surface area contributed by atoms with E-state index in [1.165, 1.54) is 11.6 Å². The molecule has 0 saturated carbocycles. The summed E-state index contributed by atoms with van der Waals surface area (Å²) in [6, 6.07) is 15.9. The standard InChI is InChI=1S/C16H16BrFN2/c17-14-10-13(6-7-15(14)18)20-9-8-19-11-16(20)12-4-2-1-3-5-12/h1-7,10,16,19H,8-9,11H2. The Morgan fingerprint density at radius 1 is 1.15 bits per heavy atom. The molecule has 1 saturated heterocycles. The summed E-state index contributed by atoms with van der Waals surface area (Å²) in [6.07, 6.45) is 0. The number of benzene rings is 2. The molecule has 0 amide bonds. The molecule has 1 heterocycles. The molecule has 0 bridgehead atoms. The first-order chi connectivity index (χ1) is 9.75. The van der Waals surface area contributed by atoms with Crippen molar-refractivity contribution in [1.82, 2.24) is 5.32 Å². The zero-order chi connectivity index (χ0) is 13.9. The third-order valence-electron chi connectivity index (χ3n) is 3.66. The lowest BCUT2D eigenvalue weighted by molar-refractivity contribution is 0.489. The first kappa shape index (κ1) is 13.6. The minimum Gasteiger partial charge on any atom is -0.362 e. The number of rotatable bonds is 2. The van der Waals surface area contributed by atoms with Crippen molar-refractivity contribution >= 4 is 21.6 Å². The lowest BCUT2D eigenvalue weighted by Gasteiger charge is -2.38. The number of halogens is 2. The van der Waals surface area contributed by atoms with E-state index in [2.05, 4.69) is 50.4 Å². The molecular formula is C16H16BrFN2. The summed E-state index contributed by atoms with van der Waals surface area (Å²) in [7, 11) is 0. The Balaban J connectivity index is 1.94. The van der Waals surface area contributed by atoms with E-state index < -0.39 is 0 Å². The average Bonchev–Trinajstić information content (AvgIpc) is 2.51. The molecule has 1 unspecified atom stereocenters. The van der Waals surface area contributed by atoms with E-state index in [1.54, 1.807) is 0 Å². The monoisotopic (exact) mass is 334 g/mol. The zero-order valence-electron chi connectivity index (χ0n) is 11.0. The number of nitrogens with one attached hydrogen (secondary N) is 1. The number of hydrogen-bond acceptors (Lipinski definition) is 2. The minimum absolute atomic E-state index is 0.222. The Morgan fingerprint density at radius 3 is 2.70 bits per heavy atom. The quantitative estimate of drug-likeness (QED) is 0.899. The summed E-state index contributed by atoms with van der Waals surface area (Å²) in [6.45, 7) is 2.76. The van der Waals surface area contributed by atoms with Gasteiger partial charge in [-0.15, -0.1) is 0 Å². The predicted molar refractivity (Wildman–Crippen MR) is 83.5 cm³/mol. The lowest BCUT2D eigenvalue weighted by Crippen LogP contribution is -2.46. The highest BCUT2D eigenvalue weighted by Crippen LogP contribution is 2.30. The van der Waals surface area contributed by atoms with Crippen LogP contribution in [0, 0.1) is 5.82 Å². The summed E-state index contributed by atoms with van der Waals surface area (Å²) in [5.41, 5.74) is 2.33. The SMILES string of the molecule is Fc1ccc(N2CCNCC2c2ccccc2)cc1Br. The van der Waals surface area contributed by atoms with Crippen LogP contribution in [0.2, 0.25) is 0 Å². The van der Waals surface area contributed by atoms with E-state index in [0.717, 1.165) is 25.3 Å². The Morgan fingerprint density at radius 2 is 1.95 bits per heavy atom. The highest BCUT2D eigenvalue weighted by Gasteiger charge is 2.24. The fourth-order valence-electron chi connectivity index (χ4n) is 2.65. The molecule has 0 aliphatic carbocycles. The van der Waals surface area contributed by atoms with Crippen LogP contribution < -0.4 is 10.2 Å². The molecule has 3 rings (SSSR count). The molecule has 1 atom stereocenters. The smallest absolute Gasteiger partial charge is 0.137 e. The van der Waals surface area contributed by atoms with Crippen molar-refractivity contribution in [3.63, 3.8) is 0 Å². The van der Waals surface area contributed by atoms with Crippen molar-refractivity contribution in [3.05, 3.63) is 64.4 Å². The first-order valence-corrected chi connectivity index (χ1v) is 7.52. The molecule has 104 valence electrons. The highest BCUT2D eigenvalue weighted by atomic mass is 79.9. The van der Waals surface area contributed by atoms with Gasteiger partial charge in [-0.1, -0.05) is 30.3 Å². The maximum absolute atomic E-state index is 13.4. The van der Waals surface area contributed by atoms with Gasteiger partial charge in [-0.2, -0.15) is 0 Å². The summed E-state index contributed by atoms with van der Waals surface area (Å²) in [5, 5.41) is 3.43. The molecule has 1 fully saturated rings. The third kappa shape index (κ3) is 2.72. The molecule has 1 aliphatic rings. The average molecular weight is 335 g/mol. The molecular weight excluding hydrogens is 319 g/mol. The number of nitrogens with zero attached hydrogens (tertiary/aromatic N) is 1. The van der Waals surface area contributed by atoms with Gasteiger partial charge in [0.25, 0.3) is 0 Å². The van der Waals surface area contributed by atoms with Crippen LogP contribution in [0.15, 0.2) is 53.0 Å². The molecule has 2 aromatic carbocycles. The maximum atomic E-state index is 13.4. The molecule has 2 nitrogen and oxygen atoms in total. The van der Waals surface area contributed by atoms with Gasteiger partial charge in [-0.05, 0) is 39.7 Å². The minimum atomic E-state index is -0.222. The Hall–Kier alpha value is -1.39. The van der Waals surface area contributed by atoms with Crippen LogP contribution in [0.3, 0.4) is 0 Å². The van der Waals surface area contributed by atoms with Crippen LogP contribution >= 0.6 is 15.9 Å². The van der Waals surface area contributed by atoms with Gasteiger partial charge < -0.3 is 10.2 Å². The van der Waals surface area contributed by atoms with Crippen molar-refractivity contribution in [1.29, 1.82) is 0 Å². The van der Waals surface area contributed by atoms with E-state index in [1.807, 2.05) is 18.2 Å². The van der Waals surface area contributed by atoms with Crippen LogP contribution in [0.1, 0.15) is 11.6 Å². The summed E-state index contributed by atoms with van der Waals surface area (Å²) in [4.78, 5) is 2.33. The normalized spacial score (nSPS) is 19.1. The van der Waals surface area contributed by atoms with Gasteiger partial charge in [0, 0.05) is 25.3 Å². The van der Waals surface area contributed by atoms with Gasteiger partial charge in [0.2, 0.25) is 0 Å². The van der Waals surface area contributed by atoms with Crippen LogP contribution in [-0.2, 0) is 0 Å². The molecule has 0 spiro atoms. The van der Waals surface area contributed by atoms with Gasteiger partial charge in [-0.25, -0.2) is 4.39 Å². The molecule has 0 radical (unpaired) electrons. The van der Waals surface area contributed by atoms with Crippen molar-refractivity contribution in [2.24, 2.45) is 0 Å². The van der Waals surface area contributed by atoms with Crippen molar-refractivity contribution in [3.8, 4) is 0 Å². The van der Waals surface area contributed by atoms with E-state index >= 15 is 0 Å². The second-order valence-electron chi connectivity index (χ2n) is 4.92. The molecule has 2 aromatic rings. The van der Waals surface area contributed by atoms with Gasteiger partial charge in [0.15, 0.2) is 0 Å². The molecule has 1 N–H and O–H groups in total. The van der Waals surface area contributed by atoms with Crippen molar-refractivity contribution in [2.45, 2.75) is 6.04 Å². The second kappa shape index (κ2) is 5.94. The number of hydrogen-bond donors (Lipinski definition) is 1. The third-order valence-corrected chi connectivity index (χ3v) is 4.27. The fourth-order valence-corrected chi connectivity index (χ4v) is 3.02. The van der Waals surface area contributed by atoms with E-state index in [4.69, 9.17) is 0 Å². The predicted octanol–water partition coefficient (Wildman–Crippen LogP) is 3.74. The van der Waals surface area contributed by atoms with Crippen molar-refractivity contribution < 1.29 is 4.39 Å². The fraction of sp³-hybridized carbons (Fsp3) is 0.250. The summed E-state index contributed by atoms with van der Waals surface area (Å²) < 4.78 is 13.9. The maximum Gasteiger partial charge on any atom is 0.137 e. The van der Waals surface area contributed by atoms with Gasteiger partial charge in [0.05, 0.1) is 10.5 Å². The van der Waals surface area contributed by atoms with Gasteiger partial charge in [-0.3, -0.25) is 0 Å². The molecule has 1 aliphatic heterocycles. The van der Waals surface area contributed by atoms with Crippen LogP contribution in [-0.4, -0.2) is 19.6 Å². The van der Waals surface area contributed by atoms with Crippen LogP contribution in [0.25, 0.3) is 0 Å². The molecule has 0 aromatic heterocycles. The van der Waals surface area contributed by atoms with Gasteiger partial charge in [0.1, 0.15) is 5.82 Å². The Labute approximate surface area is 126 Å². The Kier molecular flexibility index (Phi) is 4.03. The van der Waals surface area contributed by atoms with Gasteiger partial charge >= 0.3 is 0 Å². The van der Waals surface area contributed by atoms with Crippen LogP contribution in [0.4, 0.5) is 10.1 Å². The van der Waals surface area contributed by atoms with E-state index in [9.17, 15) is 4.39 Å². The second-order valence-corrected chi connectivity index (χ2v) is 5.78. The highest BCUT2D eigenvalue weighted by molar-refractivity contribution is 9.10. The topological polar surface area (TPSA) is 15.3 Å². The lowest BCUT2D eigenvalue weighted by atomic mass is 10.0. The van der Waals surface area contributed by atoms with Crippen molar-refractivity contribution in [2.75, 3.05) is 24.5 Å². The Bertz CT molecular complexity index is 588. The number of piperazine rings is 1. The largest absolute Gasteiger partial charge is 0.362 e. The zero-order valence-corrected chi connectivity index (χ0v) is 12.6. The van der Waals surface area contributed by atoms with Crippen LogP contribution in [0.5, 0.6) is 0 Å². The first-order valence-electron chi connectivity index (χ1n) is 6.73. The number of anilines is 1. The summed E-state index contributed by atoms with van der Waals surface area (Å²) in [5.74, 6) is -0.222. The van der Waals surface area contributed by atoms with E-state index in [-0.39, 0.29) is 11.9 Å². The summed E-state index contributed by atoms with van der Waals surface area (Å²) >= 11 is 3.27.